The molecule has 0 amide bonds. The van der Waals surface area contributed by atoms with E-state index in [1.54, 1.807) is 7.11 Å². The minimum atomic E-state index is 0.759. The Morgan fingerprint density at radius 2 is 2.06 bits per heavy atom. The smallest absolute Gasteiger partial charge is 0.0587 e. The molecule has 0 saturated heterocycles. The van der Waals surface area contributed by atoms with Gasteiger partial charge >= 0.3 is 0 Å². The molecule has 1 heterocycles. The quantitative estimate of drug-likeness (QED) is 0.830. The zero-order valence-electron chi connectivity index (χ0n) is 10.9. The Morgan fingerprint density at radius 3 is 2.83 bits per heavy atom. The fourth-order valence-electron chi connectivity index (χ4n) is 2.17. The summed E-state index contributed by atoms with van der Waals surface area (Å²) in [5.41, 5.74) is 2.57. The van der Waals surface area contributed by atoms with Crippen molar-refractivity contribution in [2.24, 2.45) is 0 Å². The molecule has 0 radical (unpaired) electrons. The lowest BCUT2D eigenvalue weighted by molar-refractivity contribution is 0.199. The van der Waals surface area contributed by atoms with Crippen LogP contribution in [0.25, 0.3) is 10.9 Å². The van der Waals surface area contributed by atoms with E-state index in [0.717, 1.165) is 26.2 Å². The maximum Gasteiger partial charge on any atom is 0.0587 e. The number of para-hydroxylation sites is 1. The number of methoxy groups -OCH3 is 1. The summed E-state index contributed by atoms with van der Waals surface area (Å²) in [6, 6.07) is 8.49. The molecule has 0 saturated carbocycles. The second kappa shape index (κ2) is 6.36. The summed E-state index contributed by atoms with van der Waals surface area (Å²) in [6.45, 7) is 5.74. The molecule has 0 aliphatic rings. The largest absolute Gasteiger partial charge is 0.383 e. The van der Waals surface area contributed by atoms with Gasteiger partial charge in [0.05, 0.1) is 6.61 Å². The molecule has 1 aromatic heterocycles. The van der Waals surface area contributed by atoms with E-state index in [1.165, 1.54) is 21.1 Å². The Bertz CT molecular complexity index is 522. The van der Waals surface area contributed by atoms with Crippen molar-refractivity contribution in [3.63, 3.8) is 0 Å². The topological polar surface area (TPSA) is 26.2 Å². The zero-order valence-corrected chi connectivity index (χ0v) is 12.5. The molecule has 1 N–H and O–H groups in total. The second-order valence-electron chi connectivity index (χ2n) is 4.31. The van der Waals surface area contributed by atoms with Gasteiger partial charge < -0.3 is 14.6 Å². The molecule has 2 aromatic rings. The van der Waals surface area contributed by atoms with E-state index in [1.807, 2.05) is 0 Å². The molecule has 1 aromatic carbocycles. The van der Waals surface area contributed by atoms with Crippen molar-refractivity contribution in [3.8, 4) is 0 Å². The van der Waals surface area contributed by atoms with Crippen LogP contribution in [0.15, 0.2) is 28.7 Å². The first-order chi connectivity index (χ1) is 8.75. The first kappa shape index (κ1) is 13.6. The Kier molecular flexibility index (Phi) is 4.80. The van der Waals surface area contributed by atoms with E-state index in [0.29, 0.717) is 0 Å². The average Bonchev–Trinajstić information content (AvgIpc) is 2.64. The van der Waals surface area contributed by atoms with Gasteiger partial charge in [-0.15, -0.1) is 0 Å². The average molecular weight is 311 g/mol. The summed E-state index contributed by atoms with van der Waals surface area (Å²) in [6.07, 6.45) is 0. The zero-order chi connectivity index (χ0) is 13.0. The van der Waals surface area contributed by atoms with Crippen LogP contribution in [-0.4, -0.2) is 31.4 Å². The predicted octanol–water partition coefficient (Wildman–Crippen LogP) is 2.95. The molecule has 0 aliphatic heterocycles. The summed E-state index contributed by atoms with van der Waals surface area (Å²) in [7, 11) is 1.72. The number of nitrogens with one attached hydrogen (secondary N) is 1. The van der Waals surface area contributed by atoms with Crippen LogP contribution in [0.4, 0.5) is 0 Å². The van der Waals surface area contributed by atoms with Crippen molar-refractivity contribution in [2.45, 2.75) is 13.5 Å². The molecule has 4 heteroatoms. The number of nitrogens with zero attached hydrogens (tertiary/aromatic N) is 1. The van der Waals surface area contributed by atoms with E-state index >= 15 is 0 Å². The van der Waals surface area contributed by atoms with Crippen LogP contribution in [0.5, 0.6) is 0 Å². The minimum absolute atomic E-state index is 0.759. The number of aromatic nitrogens is 1. The van der Waals surface area contributed by atoms with Crippen molar-refractivity contribution >= 4 is 26.8 Å². The summed E-state index contributed by atoms with van der Waals surface area (Å²) in [4.78, 5) is 0. The lowest BCUT2D eigenvalue weighted by Crippen LogP contribution is -2.23. The second-order valence-corrected chi connectivity index (χ2v) is 5.10. The highest BCUT2D eigenvalue weighted by atomic mass is 79.9. The van der Waals surface area contributed by atoms with E-state index in [2.05, 4.69) is 57.0 Å². The fourth-order valence-corrected chi connectivity index (χ4v) is 2.72. The molecule has 2 rings (SSSR count). The molecule has 0 aliphatic carbocycles. The van der Waals surface area contributed by atoms with Gasteiger partial charge in [0.25, 0.3) is 0 Å². The van der Waals surface area contributed by atoms with Crippen molar-refractivity contribution < 1.29 is 4.74 Å². The van der Waals surface area contributed by atoms with Gasteiger partial charge in [-0.3, -0.25) is 0 Å². The molecule has 3 nitrogen and oxygen atoms in total. The van der Waals surface area contributed by atoms with Gasteiger partial charge in [-0.05, 0) is 28.9 Å². The summed E-state index contributed by atoms with van der Waals surface area (Å²) in [5.74, 6) is 0. The third kappa shape index (κ3) is 2.76. The molecule has 0 atom stereocenters. The van der Waals surface area contributed by atoms with Crippen LogP contribution in [-0.2, 0) is 11.3 Å². The van der Waals surface area contributed by atoms with Gasteiger partial charge in [0.2, 0.25) is 0 Å². The van der Waals surface area contributed by atoms with Crippen molar-refractivity contribution in [1.29, 1.82) is 0 Å². The van der Waals surface area contributed by atoms with Crippen LogP contribution < -0.4 is 5.32 Å². The first-order valence-corrected chi connectivity index (χ1v) is 6.98. The molecule has 0 bridgehead atoms. The van der Waals surface area contributed by atoms with Crippen LogP contribution in [0.3, 0.4) is 0 Å². The van der Waals surface area contributed by atoms with Crippen LogP contribution in [0.2, 0.25) is 0 Å². The molecular formula is C14H19BrN2O. The standard InChI is InChI=1S/C14H19BrN2O/c1-11-14(15)12-5-3-4-6-13(12)17(11)9-7-16-8-10-18-2/h3-6,16H,7-10H2,1-2H3. The Hall–Kier alpha value is -0.840. The highest BCUT2D eigenvalue weighted by Crippen LogP contribution is 2.30. The Morgan fingerprint density at radius 1 is 1.28 bits per heavy atom. The maximum absolute atomic E-state index is 5.02. The SMILES string of the molecule is COCCNCCn1c(C)c(Br)c2ccccc21. The van der Waals surface area contributed by atoms with E-state index < -0.39 is 0 Å². The number of ether oxygens (including phenoxy) is 1. The lowest BCUT2D eigenvalue weighted by atomic mass is 10.2. The van der Waals surface area contributed by atoms with Gasteiger partial charge in [-0.1, -0.05) is 18.2 Å². The van der Waals surface area contributed by atoms with E-state index in [9.17, 15) is 0 Å². The van der Waals surface area contributed by atoms with Gasteiger partial charge in [-0.2, -0.15) is 0 Å². The first-order valence-electron chi connectivity index (χ1n) is 6.18. The lowest BCUT2D eigenvalue weighted by Gasteiger charge is -2.09. The number of halogens is 1. The maximum atomic E-state index is 5.02. The Balaban J connectivity index is 2.10. The highest BCUT2D eigenvalue weighted by Gasteiger charge is 2.10. The van der Waals surface area contributed by atoms with E-state index in [4.69, 9.17) is 4.74 Å². The third-order valence-electron chi connectivity index (χ3n) is 3.15. The van der Waals surface area contributed by atoms with Gasteiger partial charge in [0, 0.05) is 47.8 Å². The summed E-state index contributed by atoms with van der Waals surface area (Å²) in [5, 5.41) is 4.66. The van der Waals surface area contributed by atoms with Crippen LogP contribution >= 0.6 is 15.9 Å². The van der Waals surface area contributed by atoms with Gasteiger partial charge in [0.15, 0.2) is 0 Å². The molecule has 18 heavy (non-hydrogen) atoms. The summed E-state index contributed by atoms with van der Waals surface area (Å²) < 4.78 is 8.57. The molecule has 98 valence electrons. The number of hydrogen-bond acceptors (Lipinski definition) is 2. The highest BCUT2D eigenvalue weighted by molar-refractivity contribution is 9.10. The monoisotopic (exact) mass is 310 g/mol. The molecule has 0 fully saturated rings. The molecule has 0 unspecified atom stereocenters. The number of hydrogen-bond donors (Lipinski definition) is 1. The third-order valence-corrected chi connectivity index (χ3v) is 4.15. The van der Waals surface area contributed by atoms with Gasteiger partial charge in [0.1, 0.15) is 0 Å². The normalized spacial score (nSPS) is 11.3. The van der Waals surface area contributed by atoms with Crippen LogP contribution in [0.1, 0.15) is 5.69 Å². The number of benzene rings is 1. The van der Waals surface area contributed by atoms with Gasteiger partial charge in [-0.25, -0.2) is 0 Å². The number of fused-ring (bicyclic) bond motifs is 1. The van der Waals surface area contributed by atoms with Crippen molar-refractivity contribution in [1.82, 2.24) is 9.88 Å². The predicted molar refractivity (Wildman–Crippen MR) is 79.1 cm³/mol. The minimum Gasteiger partial charge on any atom is -0.383 e. The van der Waals surface area contributed by atoms with Crippen molar-refractivity contribution in [3.05, 3.63) is 34.4 Å². The van der Waals surface area contributed by atoms with Crippen molar-refractivity contribution in [2.75, 3.05) is 26.8 Å². The van der Waals surface area contributed by atoms with Crippen LogP contribution in [0, 0.1) is 6.92 Å². The number of rotatable bonds is 6. The fraction of sp³-hybridized carbons (Fsp3) is 0.429. The molecule has 0 spiro atoms. The van der Waals surface area contributed by atoms with E-state index in [-0.39, 0.29) is 0 Å². The Labute approximate surface area is 116 Å². The molecular weight excluding hydrogens is 292 g/mol. The summed E-state index contributed by atoms with van der Waals surface area (Å²) >= 11 is 3.67.